The highest BCUT2D eigenvalue weighted by Crippen LogP contribution is 2.14. The second kappa shape index (κ2) is 6.57. The molecule has 2 aromatic rings. The molecule has 1 aromatic carbocycles. The number of hydrogen-bond donors (Lipinski definition) is 1. The SMILES string of the molecule is Cc1ccccc1S(=O)(=O)NC(=O)C(C)Oc1ccccn1. The van der Waals surface area contributed by atoms with Crippen molar-refractivity contribution in [2.45, 2.75) is 24.8 Å². The summed E-state index contributed by atoms with van der Waals surface area (Å²) in [6.45, 7) is 3.12. The van der Waals surface area contributed by atoms with Gasteiger partial charge in [0.25, 0.3) is 15.9 Å². The normalized spacial score (nSPS) is 12.5. The Hall–Kier alpha value is -2.41. The van der Waals surface area contributed by atoms with Crippen LogP contribution in [-0.4, -0.2) is 25.4 Å². The maximum absolute atomic E-state index is 12.2. The maximum Gasteiger partial charge on any atom is 0.274 e. The third-order valence-corrected chi connectivity index (χ3v) is 4.43. The van der Waals surface area contributed by atoms with Crippen LogP contribution < -0.4 is 9.46 Å². The van der Waals surface area contributed by atoms with Crippen molar-refractivity contribution in [3.8, 4) is 5.88 Å². The van der Waals surface area contributed by atoms with Crippen LogP contribution in [0.25, 0.3) is 0 Å². The van der Waals surface area contributed by atoms with Gasteiger partial charge in [-0.1, -0.05) is 24.3 Å². The van der Waals surface area contributed by atoms with E-state index in [1.165, 1.54) is 19.2 Å². The lowest BCUT2D eigenvalue weighted by Crippen LogP contribution is -2.40. The summed E-state index contributed by atoms with van der Waals surface area (Å²) >= 11 is 0. The first-order valence-corrected chi connectivity index (χ1v) is 8.08. The third-order valence-electron chi connectivity index (χ3n) is 2.92. The Balaban J connectivity index is 2.09. The highest BCUT2D eigenvalue weighted by molar-refractivity contribution is 7.90. The molecular formula is C15H16N2O4S. The average molecular weight is 320 g/mol. The molecule has 1 atom stereocenters. The molecule has 0 saturated carbocycles. The number of nitrogens with zero attached hydrogens (tertiary/aromatic N) is 1. The number of aromatic nitrogens is 1. The lowest BCUT2D eigenvalue weighted by molar-refractivity contribution is -0.125. The minimum Gasteiger partial charge on any atom is -0.464 e. The van der Waals surface area contributed by atoms with Crippen LogP contribution in [0.2, 0.25) is 0 Å². The molecule has 1 unspecified atom stereocenters. The summed E-state index contributed by atoms with van der Waals surface area (Å²) in [4.78, 5) is 16.0. The molecule has 0 aliphatic heterocycles. The van der Waals surface area contributed by atoms with E-state index in [9.17, 15) is 13.2 Å². The number of amides is 1. The number of aryl methyl sites for hydroxylation is 1. The minimum absolute atomic E-state index is 0.0633. The predicted molar refractivity (Wildman–Crippen MR) is 80.8 cm³/mol. The Kier molecular flexibility index (Phi) is 4.77. The van der Waals surface area contributed by atoms with Crippen LogP contribution in [0.5, 0.6) is 5.88 Å². The van der Waals surface area contributed by atoms with E-state index in [4.69, 9.17) is 4.74 Å². The van der Waals surface area contributed by atoms with Crippen LogP contribution >= 0.6 is 0 Å². The number of hydrogen-bond acceptors (Lipinski definition) is 5. The topological polar surface area (TPSA) is 85.4 Å². The van der Waals surface area contributed by atoms with E-state index in [0.717, 1.165) is 0 Å². The van der Waals surface area contributed by atoms with Crippen LogP contribution in [0.4, 0.5) is 0 Å². The Morgan fingerprint density at radius 3 is 2.50 bits per heavy atom. The Bertz CT molecular complexity index is 760. The van der Waals surface area contributed by atoms with E-state index < -0.39 is 22.0 Å². The van der Waals surface area contributed by atoms with Gasteiger partial charge in [0, 0.05) is 12.3 Å². The molecule has 116 valence electrons. The summed E-state index contributed by atoms with van der Waals surface area (Å²) in [6.07, 6.45) is 0.526. The molecule has 0 saturated heterocycles. The summed E-state index contributed by atoms with van der Waals surface area (Å²) in [5.74, 6) is -0.507. The summed E-state index contributed by atoms with van der Waals surface area (Å²) < 4.78 is 31.7. The number of benzene rings is 1. The first-order chi connectivity index (χ1) is 10.4. The Labute approximate surface area is 129 Å². The molecule has 0 aliphatic carbocycles. The van der Waals surface area contributed by atoms with Gasteiger partial charge < -0.3 is 4.74 Å². The Morgan fingerprint density at radius 1 is 1.18 bits per heavy atom. The molecule has 22 heavy (non-hydrogen) atoms. The van der Waals surface area contributed by atoms with E-state index >= 15 is 0 Å². The third kappa shape index (κ3) is 3.82. The zero-order valence-corrected chi connectivity index (χ0v) is 13.0. The highest BCUT2D eigenvalue weighted by Gasteiger charge is 2.24. The fourth-order valence-corrected chi connectivity index (χ4v) is 3.07. The van der Waals surface area contributed by atoms with Gasteiger partial charge in [-0.15, -0.1) is 0 Å². The van der Waals surface area contributed by atoms with E-state index in [1.54, 1.807) is 43.3 Å². The molecule has 2 rings (SSSR count). The van der Waals surface area contributed by atoms with Gasteiger partial charge in [0.05, 0.1) is 4.90 Å². The molecule has 6 nitrogen and oxygen atoms in total. The lowest BCUT2D eigenvalue weighted by atomic mass is 10.2. The molecule has 0 fully saturated rings. The first-order valence-electron chi connectivity index (χ1n) is 6.60. The first kappa shape index (κ1) is 16.0. The monoisotopic (exact) mass is 320 g/mol. The van der Waals surface area contributed by atoms with Crippen LogP contribution in [0.3, 0.4) is 0 Å². The van der Waals surface area contributed by atoms with Gasteiger partial charge in [0.15, 0.2) is 6.10 Å². The smallest absolute Gasteiger partial charge is 0.274 e. The number of sulfonamides is 1. The van der Waals surface area contributed by atoms with E-state index in [0.29, 0.717) is 5.56 Å². The second-order valence-corrected chi connectivity index (χ2v) is 6.31. The number of nitrogens with one attached hydrogen (secondary N) is 1. The van der Waals surface area contributed by atoms with Crippen molar-refractivity contribution < 1.29 is 17.9 Å². The van der Waals surface area contributed by atoms with Gasteiger partial charge in [-0.25, -0.2) is 18.1 Å². The van der Waals surface area contributed by atoms with Crippen molar-refractivity contribution in [2.75, 3.05) is 0 Å². The summed E-state index contributed by atoms with van der Waals surface area (Å²) in [5, 5.41) is 0. The molecule has 0 aliphatic rings. The molecular weight excluding hydrogens is 304 g/mol. The predicted octanol–water partition coefficient (Wildman–Crippen LogP) is 1.66. The van der Waals surface area contributed by atoms with Gasteiger partial charge in [-0.3, -0.25) is 4.79 Å². The average Bonchev–Trinajstić information content (AvgIpc) is 2.48. The van der Waals surface area contributed by atoms with Crippen molar-refractivity contribution in [1.29, 1.82) is 0 Å². The van der Waals surface area contributed by atoms with Crippen LogP contribution in [0, 0.1) is 6.92 Å². The van der Waals surface area contributed by atoms with E-state index in [2.05, 4.69) is 4.98 Å². The number of rotatable bonds is 5. The van der Waals surface area contributed by atoms with Gasteiger partial charge in [-0.05, 0) is 31.5 Å². The van der Waals surface area contributed by atoms with Crippen LogP contribution in [0.1, 0.15) is 12.5 Å². The zero-order chi connectivity index (χ0) is 16.2. The molecule has 1 N–H and O–H groups in total. The van der Waals surface area contributed by atoms with Gasteiger partial charge in [0.2, 0.25) is 5.88 Å². The molecule has 0 radical (unpaired) electrons. The van der Waals surface area contributed by atoms with Crippen molar-refractivity contribution in [1.82, 2.24) is 9.71 Å². The number of carbonyl (C=O) groups excluding carboxylic acids is 1. The van der Waals surface area contributed by atoms with Gasteiger partial charge in [-0.2, -0.15) is 0 Å². The van der Waals surface area contributed by atoms with E-state index in [1.807, 2.05) is 4.72 Å². The number of pyridine rings is 1. The fourth-order valence-electron chi connectivity index (χ4n) is 1.78. The fraction of sp³-hybridized carbons (Fsp3) is 0.200. The molecule has 7 heteroatoms. The number of ether oxygens (including phenoxy) is 1. The van der Waals surface area contributed by atoms with Crippen molar-refractivity contribution >= 4 is 15.9 Å². The van der Waals surface area contributed by atoms with Gasteiger partial charge in [0.1, 0.15) is 0 Å². The van der Waals surface area contributed by atoms with Crippen LogP contribution in [-0.2, 0) is 14.8 Å². The summed E-state index contributed by atoms with van der Waals surface area (Å²) in [5.41, 5.74) is 0.557. The largest absolute Gasteiger partial charge is 0.464 e. The van der Waals surface area contributed by atoms with E-state index in [-0.39, 0.29) is 10.8 Å². The van der Waals surface area contributed by atoms with Crippen LogP contribution in [0.15, 0.2) is 53.6 Å². The van der Waals surface area contributed by atoms with Crippen molar-refractivity contribution in [2.24, 2.45) is 0 Å². The summed E-state index contributed by atoms with van der Waals surface area (Å²) in [7, 11) is -3.93. The molecule has 0 spiro atoms. The van der Waals surface area contributed by atoms with Crippen molar-refractivity contribution in [3.05, 3.63) is 54.2 Å². The molecule has 1 heterocycles. The van der Waals surface area contributed by atoms with Gasteiger partial charge >= 0.3 is 0 Å². The lowest BCUT2D eigenvalue weighted by Gasteiger charge is -2.14. The molecule has 1 amide bonds. The Morgan fingerprint density at radius 2 is 1.86 bits per heavy atom. The maximum atomic E-state index is 12.2. The van der Waals surface area contributed by atoms with Crippen molar-refractivity contribution in [3.63, 3.8) is 0 Å². The second-order valence-electron chi connectivity index (χ2n) is 4.66. The minimum atomic E-state index is -3.93. The zero-order valence-electron chi connectivity index (χ0n) is 12.2. The summed E-state index contributed by atoms with van der Waals surface area (Å²) in [6, 6.07) is 11.4. The molecule has 0 bridgehead atoms. The number of carbonyl (C=O) groups is 1. The quantitative estimate of drug-likeness (QED) is 0.905. The standard InChI is InChI=1S/C15H16N2O4S/c1-11-7-3-4-8-13(11)22(19,20)17-15(18)12(2)21-14-9-5-6-10-16-14/h3-10,12H,1-2H3,(H,17,18). The molecule has 1 aromatic heterocycles. The highest BCUT2D eigenvalue weighted by atomic mass is 32.2.